The monoisotopic (exact) mass is 409 g/mol. The number of nitrogens with zero attached hydrogens (tertiary/aromatic N) is 3. The van der Waals surface area contributed by atoms with Crippen molar-refractivity contribution in [2.75, 3.05) is 13.1 Å². The average Bonchev–Trinajstić information content (AvgIpc) is 3.41. The molecule has 0 radical (unpaired) electrons. The molecule has 0 bridgehead atoms. The highest BCUT2D eigenvalue weighted by Gasteiger charge is 2.27. The van der Waals surface area contributed by atoms with Gasteiger partial charge in [0.2, 0.25) is 0 Å². The molecule has 0 atom stereocenters. The molecule has 1 aliphatic rings. The lowest BCUT2D eigenvalue weighted by molar-refractivity contribution is 0.281. The molecule has 0 unspecified atom stereocenters. The van der Waals surface area contributed by atoms with Gasteiger partial charge in [0.1, 0.15) is 11.2 Å². The fourth-order valence-corrected chi connectivity index (χ4v) is 6.17. The van der Waals surface area contributed by atoms with Crippen LogP contribution in [-0.4, -0.2) is 37.8 Å². The number of H-pyrrole nitrogens is 1. The Morgan fingerprint density at radius 3 is 2.83 bits per heavy atom. The van der Waals surface area contributed by atoms with Gasteiger partial charge in [0, 0.05) is 27.6 Å². The molecular formula is C22H27N5OS. The Hall–Kier alpha value is -2.22. The Bertz CT molecular complexity index is 1180. The molecule has 3 N–H and O–H groups in total. The molecule has 5 heterocycles. The summed E-state index contributed by atoms with van der Waals surface area (Å²) in [5.41, 5.74) is 6.65. The maximum Gasteiger partial charge on any atom is 0.158 e. The van der Waals surface area contributed by atoms with Crippen molar-refractivity contribution in [1.82, 2.24) is 24.9 Å². The van der Waals surface area contributed by atoms with Gasteiger partial charge in [-0.15, -0.1) is 11.3 Å². The van der Waals surface area contributed by atoms with E-state index >= 15 is 0 Å². The molecule has 152 valence electrons. The molecule has 0 spiro atoms. The van der Waals surface area contributed by atoms with Crippen LogP contribution in [0.3, 0.4) is 0 Å². The lowest BCUT2D eigenvalue weighted by Gasteiger charge is -2.22. The predicted molar refractivity (Wildman–Crippen MR) is 118 cm³/mol. The van der Waals surface area contributed by atoms with Crippen LogP contribution in [0.2, 0.25) is 0 Å². The molecule has 5 rings (SSSR count). The summed E-state index contributed by atoms with van der Waals surface area (Å²) in [5.74, 6) is 0.882. The smallest absolute Gasteiger partial charge is 0.158 e. The van der Waals surface area contributed by atoms with E-state index in [0.29, 0.717) is 11.8 Å². The first-order valence-electron chi connectivity index (χ1n) is 10.4. The van der Waals surface area contributed by atoms with E-state index in [1.54, 1.807) is 6.33 Å². The number of aliphatic hydroxyl groups excluding tert-OH is 1. The highest BCUT2D eigenvalue weighted by atomic mass is 32.1. The molecule has 6 nitrogen and oxygen atoms in total. The van der Waals surface area contributed by atoms with Gasteiger partial charge in [-0.2, -0.15) is 5.10 Å². The predicted octanol–water partition coefficient (Wildman–Crippen LogP) is 4.33. The molecule has 1 fully saturated rings. The molecule has 29 heavy (non-hydrogen) atoms. The topological polar surface area (TPSA) is 78.2 Å². The van der Waals surface area contributed by atoms with E-state index in [9.17, 15) is 5.11 Å². The quantitative estimate of drug-likeness (QED) is 0.469. The average molecular weight is 410 g/mol. The minimum Gasteiger partial charge on any atom is -0.392 e. The maximum atomic E-state index is 10.3. The highest BCUT2D eigenvalue weighted by molar-refractivity contribution is 7.19. The van der Waals surface area contributed by atoms with E-state index in [2.05, 4.69) is 47.2 Å². The molecule has 1 saturated heterocycles. The summed E-state index contributed by atoms with van der Waals surface area (Å²) in [6.07, 6.45) is 5.92. The van der Waals surface area contributed by atoms with E-state index < -0.39 is 0 Å². The molecule has 4 aromatic heterocycles. The summed E-state index contributed by atoms with van der Waals surface area (Å²) < 4.78 is 1.84. The highest BCUT2D eigenvalue weighted by Crippen LogP contribution is 2.45. The summed E-state index contributed by atoms with van der Waals surface area (Å²) in [5, 5.41) is 19.4. The lowest BCUT2D eigenvalue weighted by atomic mass is 9.90. The fourth-order valence-electron chi connectivity index (χ4n) is 4.77. The van der Waals surface area contributed by atoms with E-state index in [1.807, 2.05) is 22.0 Å². The second-order valence-electron chi connectivity index (χ2n) is 8.34. The van der Waals surface area contributed by atoms with Gasteiger partial charge in [0.15, 0.2) is 5.65 Å². The van der Waals surface area contributed by atoms with Crippen LogP contribution < -0.4 is 5.32 Å². The van der Waals surface area contributed by atoms with Crippen LogP contribution in [0, 0.1) is 6.92 Å². The zero-order valence-corrected chi connectivity index (χ0v) is 17.9. The molecule has 0 aromatic carbocycles. The van der Waals surface area contributed by atoms with Gasteiger partial charge in [-0.1, -0.05) is 13.8 Å². The number of nitrogens with one attached hydrogen (secondary N) is 2. The van der Waals surface area contributed by atoms with Crippen LogP contribution in [0.5, 0.6) is 0 Å². The Morgan fingerprint density at radius 1 is 1.31 bits per heavy atom. The van der Waals surface area contributed by atoms with Crippen molar-refractivity contribution in [2.45, 2.75) is 52.1 Å². The van der Waals surface area contributed by atoms with Crippen LogP contribution in [0.15, 0.2) is 18.6 Å². The number of aliphatic hydroxyl groups is 1. The third-order valence-corrected chi connectivity index (χ3v) is 7.42. The first-order valence-corrected chi connectivity index (χ1v) is 11.2. The molecular weight excluding hydrogens is 382 g/mol. The number of thiophene rings is 1. The Morgan fingerprint density at radius 2 is 2.10 bits per heavy atom. The van der Waals surface area contributed by atoms with Crippen LogP contribution >= 0.6 is 11.3 Å². The van der Waals surface area contributed by atoms with Gasteiger partial charge in [-0.05, 0) is 61.9 Å². The zero-order chi connectivity index (χ0) is 20.1. The number of aromatic amines is 1. The van der Waals surface area contributed by atoms with E-state index in [-0.39, 0.29) is 6.61 Å². The van der Waals surface area contributed by atoms with Crippen molar-refractivity contribution in [3.8, 4) is 11.3 Å². The number of aromatic nitrogens is 4. The largest absolute Gasteiger partial charge is 0.392 e. The first-order chi connectivity index (χ1) is 14.1. The third-order valence-electron chi connectivity index (χ3n) is 6.11. The SMILES string of the molecule is Cc1cc(-c2[nH]c3sc(C4CCNCC4)c(CO)c3c2C(C)C)cn2ncnc12. The fraction of sp³-hybridized carbons (Fsp3) is 0.455. The Kier molecular flexibility index (Phi) is 4.69. The molecule has 0 amide bonds. The maximum absolute atomic E-state index is 10.3. The van der Waals surface area contributed by atoms with Crippen molar-refractivity contribution in [1.29, 1.82) is 0 Å². The molecule has 0 aliphatic carbocycles. The van der Waals surface area contributed by atoms with Gasteiger partial charge in [-0.25, -0.2) is 9.50 Å². The van der Waals surface area contributed by atoms with Gasteiger partial charge in [0.25, 0.3) is 0 Å². The number of piperidine rings is 1. The number of aryl methyl sites for hydroxylation is 1. The second-order valence-corrected chi connectivity index (χ2v) is 9.39. The van der Waals surface area contributed by atoms with Crippen molar-refractivity contribution in [2.24, 2.45) is 0 Å². The van der Waals surface area contributed by atoms with Crippen LogP contribution in [0.1, 0.15) is 60.1 Å². The summed E-state index contributed by atoms with van der Waals surface area (Å²) >= 11 is 1.83. The van der Waals surface area contributed by atoms with Crippen LogP contribution in [-0.2, 0) is 6.61 Å². The van der Waals surface area contributed by atoms with Gasteiger partial charge in [-0.3, -0.25) is 0 Å². The van der Waals surface area contributed by atoms with E-state index in [0.717, 1.165) is 54.0 Å². The van der Waals surface area contributed by atoms with Crippen molar-refractivity contribution >= 4 is 27.2 Å². The molecule has 0 saturated carbocycles. The number of hydrogen-bond donors (Lipinski definition) is 3. The van der Waals surface area contributed by atoms with Crippen molar-refractivity contribution in [3.63, 3.8) is 0 Å². The van der Waals surface area contributed by atoms with Gasteiger partial charge >= 0.3 is 0 Å². The molecule has 4 aromatic rings. The molecule has 1 aliphatic heterocycles. The van der Waals surface area contributed by atoms with Crippen LogP contribution in [0.25, 0.3) is 27.1 Å². The standard InChI is InChI=1S/C22H27N5OS/c1-12(2)17-18-16(10-28)20(14-4-6-23-7-5-14)29-22(18)26-19(17)15-8-13(3)21-24-11-25-27(21)9-15/h8-9,11-12,14,23,26,28H,4-7,10H2,1-3H3. The number of hydrogen-bond acceptors (Lipinski definition) is 5. The summed E-state index contributed by atoms with van der Waals surface area (Å²) in [4.78, 5) is 10.6. The van der Waals surface area contributed by atoms with Gasteiger partial charge in [0.05, 0.1) is 12.3 Å². The third kappa shape index (κ3) is 2.99. The van der Waals surface area contributed by atoms with Crippen LogP contribution in [0.4, 0.5) is 0 Å². The van der Waals surface area contributed by atoms with Crippen molar-refractivity contribution < 1.29 is 5.11 Å². The van der Waals surface area contributed by atoms with Gasteiger partial charge < -0.3 is 15.4 Å². The zero-order valence-electron chi connectivity index (χ0n) is 17.1. The summed E-state index contributed by atoms with van der Waals surface area (Å²) in [7, 11) is 0. The number of pyridine rings is 1. The first kappa shape index (κ1) is 18.8. The minimum atomic E-state index is 0.0947. The second kappa shape index (κ2) is 7.23. The number of fused-ring (bicyclic) bond motifs is 2. The lowest BCUT2D eigenvalue weighted by Crippen LogP contribution is -2.26. The summed E-state index contributed by atoms with van der Waals surface area (Å²) in [6.45, 7) is 8.74. The summed E-state index contributed by atoms with van der Waals surface area (Å²) in [6, 6.07) is 2.18. The molecule has 7 heteroatoms. The number of rotatable bonds is 4. The Labute approximate surface area is 174 Å². The van der Waals surface area contributed by atoms with Crippen molar-refractivity contribution in [3.05, 3.63) is 40.2 Å². The normalized spacial score (nSPS) is 15.9. The Balaban J connectivity index is 1.72. The minimum absolute atomic E-state index is 0.0947. The van der Waals surface area contributed by atoms with E-state index in [1.165, 1.54) is 20.7 Å². The van der Waals surface area contributed by atoms with E-state index in [4.69, 9.17) is 0 Å².